The topological polar surface area (TPSA) is 40.5 Å². The fourth-order valence-electron chi connectivity index (χ4n) is 1.48. The number of aliphatic hydroxyl groups excluding tert-OH is 2. The molecule has 3 unspecified atom stereocenters. The van der Waals surface area contributed by atoms with Crippen molar-refractivity contribution in [2.24, 2.45) is 11.8 Å². The largest absolute Gasteiger partial charge is 0.396 e. The van der Waals surface area contributed by atoms with Crippen molar-refractivity contribution in [2.45, 2.75) is 25.9 Å². The molecule has 9 heavy (non-hydrogen) atoms. The predicted molar refractivity (Wildman–Crippen MR) is 35.0 cm³/mol. The van der Waals surface area contributed by atoms with Gasteiger partial charge in [-0.05, 0) is 18.8 Å². The van der Waals surface area contributed by atoms with Crippen LogP contribution >= 0.6 is 0 Å². The molecule has 2 N–H and O–H groups in total. The van der Waals surface area contributed by atoms with Crippen LogP contribution in [0.1, 0.15) is 19.8 Å². The third kappa shape index (κ3) is 1.25. The fraction of sp³-hybridized carbons (Fsp3) is 1.00. The van der Waals surface area contributed by atoms with Gasteiger partial charge in [0.15, 0.2) is 0 Å². The molecule has 0 spiro atoms. The van der Waals surface area contributed by atoms with Crippen LogP contribution < -0.4 is 0 Å². The average molecular weight is 130 g/mol. The van der Waals surface area contributed by atoms with Gasteiger partial charge in [-0.15, -0.1) is 0 Å². The monoisotopic (exact) mass is 130 g/mol. The van der Waals surface area contributed by atoms with Gasteiger partial charge in [-0.2, -0.15) is 0 Å². The third-order valence-corrected chi connectivity index (χ3v) is 2.29. The smallest absolute Gasteiger partial charge is 0.0615 e. The van der Waals surface area contributed by atoms with Crippen LogP contribution in [0.15, 0.2) is 0 Å². The third-order valence-electron chi connectivity index (χ3n) is 2.29. The molecular formula is C7H14O2. The van der Waals surface area contributed by atoms with Crippen LogP contribution in [0.25, 0.3) is 0 Å². The molecule has 0 amide bonds. The standard InChI is InChI=1S/C7H14O2/c1-5-2-3-6(4-8)7(5)9/h5-9H,2-4H2,1H3. The molecule has 3 atom stereocenters. The normalized spacial score (nSPS) is 43.7. The minimum absolute atomic E-state index is 0.144. The lowest BCUT2D eigenvalue weighted by atomic mass is 10.0. The SMILES string of the molecule is CC1CCC(CO)C1O. The van der Waals surface area contributed by atoms with Crippen LogP contribution in [0.4, 0.5) is 0 Å². The van der Waals surface area contributed by atoms with Gasteiger partial charge in [0.25, 0.3) is 0 Å². The van der Waals surface area contributed by atoms with Gasteiger partial charge in [0.1, 0.15) is 0 Å². The Bertz CT molecular complexity index is 92.9. The summed E-state index contributed by atoms with van der Waals surface area (Å²) in [6.07, 6.45) is 1.79. The molecule has 0 radical (unpaired) electrons. The van der Waals surface area contributed by atoms with E-state index in [2.05, 4.69) is 0 Å². The summed E-state index contributed by atoms with van der Waals surface area (Å²) in [4.78, 5) is 0. The molecule has 0 saturated heterocycles. The molecule has 1 saturated carbocycles. The van der Waals surface area contributed by atoms with E-state index in [0.29, 0.717) is 5.92 Å². The summed E-state index contributed by atoms with van der Waals surface area (Å²) in [5.41, 5.74) is 0. The fourth-order valence-corrected chi connectivity index (χ4v) is 1.48. The quantitative estimate of drug-likeness (QED) is 0.539. The number of aliphatic hydroxyl groups is 2. The number of hydrogen-bond acceptors (Lipinski definition) is 2. The summed E-state index contributed by atoms with van der Waals surface area (Å²) in [5.74, 6) is 0.544. The second-order valence-electron chi connectivity index (χ2n) is 2.99. The summed E-state index contributed by atoms with van der Waals surface area (Å²) in [6, 6.07) is 0. The van der Waals surface area contributed by atoms with E-state index in [-0.39, 0.29) is 18.6 Å². The first-order valence-electron chi connectivity index (χ1n) is 3.54. The summed E-state index contributed by atoms with van der Waals surface area (Å²) in [7, 11) is 0. The van der Waals surface area contributed by atoms with Crippen molar-refractivity contribution in [3.8, 4) is 0 Å². The van der Waals surface area contributed by atoms with Gasteiger partial charge in [-0.3, -0.25) is 0 Å². The molecule has 0 heterocycles. The van der Waals surface area contributed by atoms with Crippen molar-refractivity contribution < 1.29 is 10.2 Å². The van der Waals surface area contributed by atoms with Crippen LogP contribution in [0.5, 0.6) is 0 Å². The van der Waals surface area contributed by atoms with Crippen LogP contribution in [-0.2, 0) is 0 Å². The lowest BCUT2D eigenvalue weighted by Crippen LogP contribution is -2.21. The van der Waals surface area contributed by atoms with Gasteiger partial charge in [0.2, 0.25) is 0 Å². The van der Waals surface area contributed by atoms with E-state index in [0.717, 1.165) is 12.8 Å². The molecule has 0 aromatic rings. The highest BCUT2D eigenvalue weighted by Crippen LogP contribution is 2.30. The summed E-state index contributed by atoms with van der Waals surface area (Å²) >= 11 is 0. The Morgan fingerprint density at radius 1 is 1.44 bits per heavy atom. The summed E-state index contributed by atoms with van der Waals surface area (Å²) in [6.45, 7) is 2.17. The Hall–Kier alpha value is -0.0800. The molecule has 2 heteroatoms. The van der Waals surface area contributed by atoms with Gasteiger partial charge in [-0.25, -0.2) is 0 Å². The highest BCUT2D eigenvalue weighted by Gasteiger charge is 2.30. The Morgan fingerprint density at radius 3 is 2.33 bits per heavy atom. The van der Waals surface area contributed by atoms with E-state index in [1.807, 2.05) is 6.92 Å². The van der Waals surface area contributed by atoms with E-state index in [1.165, 1.54) is 0 Å². The predicted octanol–water partition coefficient (Wildman–Crippen LogP) is 0.386. The molecule has 2 nitrogen and oxygen atoms in total. The zero-order valence-electron chi connectivity index (χ0n) is 5.75. The molecule has 0 aliphatic heterocycles. The maximum atomic E-state index is 9.30. The highest BCUT2D eigenvalue weighted by molar-refractivity contribution is 4.81. The van der Waals surface area contributed by atoms with Crippen LogP contribution in [0.2, 0.25) is 0 Å². The first-order chi connectivity index (χ1) is 4.25. The van der Waals surface area contributed by atoms with Crippen molar-refractivity contribution in [3.63, 3.8) is 0 Å². The van der Waals surface area contributed by atoms with Crippen LogP contribution in [0.3, 0.4) is 0 Å². The Labute approximate surface area is 55.5 Å². The second-order valence-corrected chi connectivity index (χ2v) is 2.99. The molecule has 1 aliphatic carbocycles. The first kappa shape index (κ1) is 7.03. The lowest BCUT2D eigenvalue weighted by Gasteiger charge is -2.13. The van der Waals surface area contributed by atoms with Gasteiger partial charge in [0, 0.05) is 12.5 Å². The van der Waals surface area contributed by atoms with Crippen molar-refractivity contribution >= 4 is 0 Å². The maximum Gasteiger partial charge on any atom is 0.0615 e. The summed E-state index contributed by atoms with van der Waals surface area (Å²) < 4.78 is 0. The molecule has 54 valence electrons. The van der Waals surface area contributed by atoms with E-state index in [1.54, 1.807) is 0 Å². The first-order valence-corrected chi connectivity index (χ1v) is 3.54. The number of rotatable bonds is 1. The second kappa shape index (κ2) is 2.67. The van der Waals surface area contributed by atoms with E-state index in [4.69, 9.17) is 5.11 Å². The van der Waals surface area contributed by atoms with E-state index >= 15 is 0 Å². The molecule has 1 aliphatic rings. The molecule has 0 aromatic heterocycles. The van der Waals surface area contributed by atoms with Gasteiger partial charge < -0.3 is 10.2 Å². The van der Waals surface area contributed by atoms with Crippen molar-refractivity contribution in [1.82, 2.24) is 0 Å². The minimum atomic E-state index is -0.255. The zero-order valence-corrected chi connectivity index (χ0v) is 5.75. The molecular weight excluding hydrogens is 116 g/mol. The van der Waals surface area contributed by atoms with Gasteiger partial charge in [-0.1, -0.05) is 6.92 Å². The van der Waals surface area contributed by atoms with E-state index < -0.39 is 0 Å². The lowest BCUT2D eigenvalue weighted by molar-refractivity contribution is 0.0661. The van der Waals surface area contributed by atoms with Crippen molar-refractivity contribution in [1.29, 1.82) is 0 Å². The van der Waals surface area contributed by atoms with Crippen molar-refractivity contribution in [2.75, 3.05) is 6.61 Å². The molecule has 1 fully saturated rings. The van der Waals surface area contributed by atoms with Crippen LogP contribution in [0, 0.1) is 11.8 Å². The minimum Gasteiger partial charge on any atom is -0.396 e. The van der Waals surface area contributed by atoms with Gasteiger partial charge >= 0.3 is 0 Å². The summed E-state index contributed by atoms with van der Waals surface area (Å²) in [5, 5.41) is 18.0. The molecule has 1 rings (SSSR count). The Morgan fingerprint density at radius 2 is 2.11 bits per heavy atom. The van der Waals surface area contributed by atoms with Crippen LogP contribution in [-0.4, -0.2) is 22.9 Å². The van der Waals surface area contributed by atoms with E-state index in [9.17, 15) is 5.11 Å². The number of hydrogen-bond donors (Lipinski definition) is 2. The van der Waals surface area contributed by atoms with Gasteiger partial charge in [0.05, 0.1) is 6.10 Å². The molecule has 0 aromatic carbocycles. The zero-order chi connectivity index (χ0) is 6.85. The maximum absolute atomic E-state index is 9.30. The Balaban J connectivity index is 2.41. The molecule has 0 bridgehead atoms. The average Bonchev–Trinajstić information content (AvgIpc) is 2.15. The Kier molecular flexibility index (Phi) is 2.09. The highest BCUT2D eigenvalue weighted by atomic mass is 16.3. The van der Waals surface area contributed by atoms with Crippen molar-refractivity contribution in [3.05, 3.63) is 0 Å².